The van der Waals surface area contributed by atoms with Crippen molar-refractivity contribution in [1.82, 2.24) is 0 Å². The maximum Gasteiger partial charge on any atom is 0.330 e. The third-order valence-corrected chi connectivity index (χ3v) is 4.42. The Morgan fingerprint density at radius 2 is 1.89 bits per heavy atom. The molecule has 0 aliphatic rings. The number of nitrogens with zero attached hydrogens (tertiary/aromatic N) is 1. The average Bonchev–Trinajstić information content (AvgIpc) is 2.68. The van der Waals surface area contributed by atoms with Gasteiger partial charge in [-0.05, 0) is 49.4 Å². The number of hydrogen-bond donors (Lipinski definition) is 1. The summed E-state index contributed by atoms with van der Waals surface area (Å²) in [5, 5.41) is 17.9. The molecule has 0 aromatic heterocycles. The van der Waals surface area contributed by atoms with E-state index in [1.807, 2.05) is 36.4 Å². The molecule has 0 saturated carbocycles. The van der Waals surface area contributed by atoms with Crippen LogP contribution in [0.1, 0.15) is 44.6 Å². The molecule has 0 spiro atoms. The molecule has 0 bridgehead atoms. The standard InChI is InChI=1S/C23H25NO3/c1-3-7-20(9-6-8-17(2)23(25)26)27-22-11-5-4-10-21(22)19-14-12-18(16-24)13-15-19/h4-5,10-15,20H,2-3,6-9H2,1H3,(H,25,26). The van der Waals surface area contributed by atoms with Crippen LogP contribution in [0.5, 0.6) is 5.75 Å². The van der Waals surface area contributed by atoms with Crippen LogP contribution in [0.15, 0.2) is 60.7 Å². The van der Waals surface area contributed by atoms with Gasteiger partial charge in [0.25, 0.3) is 0 Å². The zero-order valence-electron chi connectivity index (χ0n) is 15.6. The van der Waals surface area contributed by atoms with Gasteiger partial charge in [-0.25, -0.2) is 4.79 Å². The molecule has 27 heavy (non-hydrogen) atoms. The number of aliphatic carboxylic acids is 1. The van der Waals surface area contributed by atoms with E-state index in [-0.39, 0.29) is 11.7 Å². The van der Waals surface area contributed by atoms with Gasteiger partial charge in [0.1, 0.15) is 5.75 Å². The summed E-state index contributed by atoms with van der Waals surface area (Å²) in [6, 6.07) is 17.4. The number of carbonyl (C=O) groups is 1. The Morgan fingerprint density at radius 3 is 2.52 bits per heavy atom. The van der Waals surface area contributed by atoms with E-state index >= 15 is 0 Å². The van der Waals surface area contributed by atoms with Crippen LogP contribution in [0.3, 0.4) is 0 Å². The largest absolute Gasteiger partial charge is 0.490 e. The van der Waals surface area contributed by atoms with Gasteiger partial charge in [-0.1, -0.05) is 50.3 Å². The minimum Gasteiger partial charge on any atom is -0.490 e. The molecule has 0 heterocycles. The van der Waals surface area contributed by atoms with E-state index in [1.54, 1.807) is 12.1 Å². The van der Waals surface area contributed by atoms with E-state index < -0.39 is 5.97 Å². The number of ether oxygens (including phenoxy) is 1. The first-order valence-electron chi connectivity index (χ1n) is 9.22. The predicted molar refractivity (Wildman–Crippen MR) is 107 cm³/mol. The molecule has 2 rings (SSSR count). The fourth-order valence-electron chi connectivity index (χ4n) is 2.95. The molecule has 0 aliphatic carbocycles. The highest BCUT2D eigenvalue weighted by Crippen LogP contribution is 2.32. The Bertz CT molecular complexity index is 818. The molecule has 1 atom stereocenters. The Hall–Kier alpha value is -3.06. The van der Waals surface area contributed by atoms with E-state index in [1.165, 1.54) is 0 Å². The van der Waals surface area contributed by atoms with Gasteiger partial charge in [-0.3, -0.25) is 0 Å². The van der Waals surface area contributed by atoms with E-state index in [2.05, 4.69) is 19.6 Å². The van der Waals surface area contributed by atoms with Gasteiger partial charge < -0.3 is 9.84 Å². The number of hydrogen-bond acceptors (Lipinski definition) is 3. The van der Waals surface area contributed by atoms with Crippen molar-refractivity contribution in [2.45, 2.75) is 45.1 Å². The summed E-state index contributed by atoms with van der Waals surface area (Å²) in [4.78, 5) is 10.9. The van der Waals surface area contributed by atoms with Crippen LogP contribution in [-0.2, 0) is 4.79 Å². The van der Waals surface area contributed by atoms with Crippen LogP contribution < -0.4 is 4.74 Å². The van der Waals surface area contributed by atoms with E-state index in [9.17, 15) is 4.79 Å². The Morgan fingerprint density at radius 1 is 1.19 bits per heavy atom. The highest BCUT2D eigenvalue weighted by Gasteiger charge is 2.14. The summed E-state index contributed by atoms with van der Waals surface area (Å²) in [7, 11) is 0. The fraction of sp³-hybridized carbons (Fsp3) is 0.304. The summed E-state index contributed by atoms with van der Waals surface area (Å²) >= 11 is 0. The molecule has 2 aromatic rings. The number of benzene rings is 2. The second kappa shape index (κ2) is 10.2. The Balaban J connectivity index is 2.12. The summed E-state index contributed by atoms with van der Waals surface area (Å²) in [5.74, 6) is -0.133. The highest BCUT2D eigenvalue weighted by atomic mass is 16.5. The zero-order chi connectivity index (χ0) is 19.6. The second-order valence-corrected chi connectivity index (χ2v) is 6.51. The molecule has 0 aliphatic heterocycles. The van der Waals surface area contributed by atoms with Crippen molar-refractivity contribution < 1.29 is 14.6 Å². The normalized spacial score (nSPS) is 11.4. The molecule has 140 valence electrons. The minimum atomic E-state index is -0.936. The van der Waals surface area contributed by atoms with E-state index in [4.69, 9.17) is 15.1 Å². The third kappa shape index (κ3) is 6.00. The van der Waals surface area contributed by atoms with Crippen molar-refractivity contribution in [2.24, 2.45) is 0 Å². The molecule has 0 saturated heterocycles. The molecule has 4 heteroatoms. The van der Waals surface area contributed by atoms with Crippen molar-refractivity contribution in [3.8, 4) is 22.9 Å². The molecule has 1 unspecified atom stereocenters. The van der Waals surface area contributed by atoms with Crippen LogP contribution in [-0.4, -0.2) is 17.2 Å². The third-order valence-electron chi connectivity index (χ3n) is 4.42. The van der Waals surface area contributed by atoms with E-state index in [0.29, 0.717) is 12.0 Å². The van der Waals surface area contributed by atoms with Gasteiger partial charge in [0.05, 0.1) is 17.7 Å². The monoisotopic (exact) mass is 363 g/mol. The van der Waals surface area contributed by atoms with Crippen LogP contribution in [0, 0.1) is 11.3 Å². The number of nitriles is 1. The lowest BCUT2D eigenvalue weighted by molar-refractivity contribution is -0.132. The molecule has 1 N–H and O–H groups in total. The van der Waals surface area contributed by atoms with Crippen LogP contribution in [0.4, 0.5) is 0 Å². The summed E-state index contributed by atoms with van der Waals surface area (Å²) in [6.45, 7) is 5.70. The fourth-order valence-corrected chi connectivity index (χ4v) is 2.95. The maximum absolute atomic E-state index is 10.9. The van der Waals surface area contributed by atoms with Gasteiger partial charge in [0.2, 0.25) is 0 Å². The van der Waals surface area contributed by atoms with Gasteiger partial charge in [0.15, 0.2) is 0 Å². The highest BCUT2D eigenvalue weighted by molar-refractivity contribution is 5.85. The quantitative estimate of drug-likeness (QED) is 0.559. The van der Waals surface area contributed by atoms with Gasteiger partial charge in [-0.15, -0.1) is 0 Å². The summed E-state index contributed by atoms with van der Waals surface area (Å²) in [6.07, 6.45) is 3.90. The molecule has 0 amide bonds. The maximum atomic E-state index is 10.9. The number of carboxylic acids is 1. The van der Waals surface area contributed by atoms with Gasteiger partial charge >= 0.3 is 5.97 Å². The first-order chi connectivity index (χ1) is 13.0. The lowest BCUT2D eigenvalue weighted by Gasteiger charge is -2.21. The minimum absolute atomic E-state index is 0.0242. The van der Waals surface area contributed by atoms with Crippen LogP contribution >= 0.6 is 0 Å². The Kier molecular flexibility index (Phi) is 7.63. The molecule has 4 nitrogen and oxygen atoms in total. The molecule has 2 aromatic carbocycles. The molecular formula is C23H25NO3. The van der Waals surface area contributed by atoms with Gasteiger partial charge in [-0.2, -0.15) is 5.26 Å². The number of carboxylic acid groups (broad SMARTS) is 1. The average molecular weight is 363 g/mol. The van der Waals surface area contributed by atoms with Crippen LogP contribution in [0.25, 0.3) is 11.1 Å². The van der Waals surface area contributed by atoms with Crippen molar-refractivity contribution in [3.05, 3.63) is 66.2 Å². The zero-order valence-corrected chi connectivity index (χ0v) is 15.6. The second-order valence-electron chi connectivity index (χ2n) is 6.51. The number of para-hydroxylation sites is 1. The van der Waals surface area contributed by atoms with Crippen molar-refractivity contribution >= 4 is 5.97 Å². The topological polar surface area (TPSA) is 70.3 Å². The molecule has 0 radical (unpaired) electrons. The first-order valence-corrected chi connectivity index (χ1v) is 9.22. The first kappa shape index (κ1) is 20.3. The smallest absolute Gasteiger partial charge is 0.330 e. The summed E-state index contributed by atoms with van der Waals surface area (Å²) in [5.41, 5.74) is 2.85. The SMILES string of the molecule is C=C(CCCC(CCC)Oc1ccccc1-c1ccc(C#N)cc1)C(=O)O. The van der Waals surface area contributed by atoms with Crippen molar-refractivity contribution in [3.63, 3.8) is 0 Å². The van der Waals surface area contributed by atoms with Crippen molar-refractivity contribution in [1.29, 1.82) is 5.26 Å². The predicted octanol–water partition coefficient (Wildman–Crippen LogP) is 5.58. The van der Waals surface area contributed by atoms with Crippen LogP contribution in [0.2, 0.25) is 0 Å². The lowest BCUT2D eigenvalue weighted by Crippen LogP contribution is -2.17. The molecular weight excluding hydrogens is 338 g/mol. The van der Waals surface area contributed by atoms with Gasteiger partial charge in [0, 0.05) is 11.1 Å². The lowest BCUT2D eigenvalue weighted by atomic mass is 10.0. The van der Waals surface area contributed by atoms with E-state index in [0.717, 1.165) is 42.6 Å². The molecule has 0 fully saturated rings. The summed E-state index contributed by atoms with van der Waals surface area (Å²) < 4.78 is 6.30. The number of rotatable bonds is 10. The van der Waals surface area contributed by atoms with Crippen molar-refractivity contribution in [2.75, 3.05) is 0 Å². The Labute approximate surface area is 160 Å².